The van der Waals surface area contributed by atoms with Crippen molar-refractivity contribution in [1.82, 2.24) is 5.32 Å². The molecule has 0 aliphatic carbocycles. The summed E-state index contributed by atoms with van der Waals surface area (Å²) in [6.45, 7) is 7.88. The number of rotatable bonds is 7. The second-order valence-electron chi connectivity index (χ2n) is 6.86. The third-order valence-corrected chi connectivity index (χ3v) is 5.71. The summed E-state index contributed by atoms with van der Waals surface area (Å²) >= 11 is 0. The zero-order valence-electron chi connectivity index (χ0n) is 16.5. The van der Waals surface area contributed by atoms with Crippen molar-refractivity contribution in [1.29, 1.82) is 0 Å². The summed E-state index contributed by atoms with van der Waals surface area (Å²) in [6, 6.07) is 10.4. The Balaban J connectivity index is 2.03. The SMILES string of the molecule is CC[C@@H](NC(=O)COc1cc(C)cc(C)c1C)c1ccc(S(C)(=O)=O)cc1. The van der Waals surface area contributed by atoms with Crippen LogP contribution in [-0.2, 0) is 14.6 Å². The second-order valence-corrected chi connectivity index (χ2v) is 8.88. The average molecular weight is 390 g/mol. The molecule has 0 saturated carbocycles. The van der Waals surface area contributed by atoms with Gasteiger partial charge in [-0.2, -0.15) is 0 Å². The van der Waals surface area contributed by atoms with Crippen LogP contribution in [-0.4, -0.2) is 27.2 Å². The fourth-order valence-corrected chi connectivity index (χ4v) is 3.53. The molecule has 1 N–H and O–H groups in total. The molecule has 146 valence electrons. The molecule has 2 aromatic rings. The van der Waals surface area contributed by atoms with Gasteiger partial charge in [0.1, 0.15) is 5.75 Å². The lowest BCUT2D eigenvalue weighted by Gasteiger charge is -2.18. The first-order chi connectivity index (χ1) is 12.6. The molecular weight excluding hydrogens is 362 g/mol. The average Bonchev–Trinajstić information content (AvgIpc) is 2.60. The first-order valence-corrected chi connectivity index (χ1v) is 10.8. The molecular formula is C21H27NO4S. The van der Waals surface area contributed by atoms with E-state index in [-0.39, 0.29) is 23.5 Å². The molecule has 0 saturated heterocycles. The highest BCUT2D eigenvalue weighted by atomic mass is 32.2. The van der Waals surface area contributed by atoms with Crippen LogP contribution in [0.2, 0.25) is 0 Å². The van der Waals surface area contributed by atoms with Crippen molar-refractivity contribution in [3.63, 3.8) is 0 Å². The van der Waals surface area contributed by atoms with Gasteiger partial charge < -0.3 is 10.1 Å². The van der Waals surface area contributed by atoms with Gasteiger partial charge in [-0.15, -0.1) is 0 Å². The van der Waals surface area contributed by atoms with Crippen LogP contribution in [0.1, 0.15) is 41.6 Å². The van der Waals surface area contributed by atoms with E-state index in [0.29, 0.717) is 12.2 Å². The highest BCUT2D eigenvalue weighted by Crippen LogP contribution is 2.23. The molecule has 2 rings (SSSR count). The Morgan fingerprint density at radius 3 is 2.30 bits per heavy atom. The third kappa shape index (κ3) is 5.57. The van der Waals surface area contributed by atoms with Gasteiger partial charge in [-0.1, -0.05) is 25.1 Å². The number of carbonyl (C=O) groups excluding carboxylic acids is 1. The van der Waals surface area contributed by atoms with Crippen molar-refractivity contribution in [3.05, 3.63) is 58.7 Å². The van der Waals surface area contributed by atoms with Crippen LogP contribution < -0.4 is 10.1 Å². The predicted molar refractivity (Wildman–Crippen MR) is 107 cm³/mol. The van der Waals surface area contributed by atoms with E-state index in [4.69, 9.17) is 4.74 Å². The number of nitrogens with one attached hydrogen (secondary N) is 1. The first kappa shape index (κ1) is 21.0. The van der Waals surface area contributed by atoms with Crippen LogP contribution in [0.4, 0.5) is 0 Å². The first-order valence-electron chi connectivity index (χ1n) is 8.91. The Labute approximate surface area is 161 Å². The Bertz CT molecular complexity index is 918. The van der Waals surface area contributed by atoms with E-state index in [1.54, 1.807) is 24.3 Å². The topological polar surface area (TPSA) is 72.5 Å². The Morgan fingerprint density at radius 2 is 1.74 bits per heavy atom. The van der Waals surface area contributed by atoms with E-state index in [2.05, 4.69) is 11.4 Å². The van der Waals surface area contributed by atoms with Crippen molar-refractivity contribution >= 4 is 15.7 Å². The molecule has 0 aromatic heterocycles. The molecule has 0 spiro atoms. The maximum absolute atomic E-state index is 12.3. The van der Waals surface area contributed by atoms with E-state index < -0.39 is 9.84 Å². The monoisotopic (exact) mass is 389 g/mol. The largest absolute Gasteiger partial charge is 0.483 e. The van der Waals surface area contributed by atoms with Crippen molar-refractivity contribution in [2.45, 2.75) is 45.1 Å². The molecule has 0 fully saturated rings. The number of hydrogen-bond acceptors (Lipinski definition) is 4. The van der Waals surface area contributed by atoms with Gasteiger partial charge in [0.05, 0.1) is 10.9 Å². The van der Waals surface area contributed by atoms with Gasteiger partial charge in [0, 0.05) is 6.26 Å². The normalized spacial score (nSPS) is 12.5. The predicted octanol–water partition coefficient (Wildman–Crippen LogP) is 3.66. The molecule has 0 radical (unpaired) electrons. The molecule has 1 atom stereocenters. The molecule has 0 bridgehead atoms. The van der Waals surface area contributed by atoms with Crippen molar-refractivity contribution < 1.29 is 17.9 Å². The van der Waals surface area contributed by atoms with Gasteiger partial charge in [-0.3, -0.25) is 4.79 Å². The Kier molecular flexibility index (Phi) is 6.65. The lowest BCUT2D eigenvalue weighted by Crippen LogP contribution is -2.32. The maximum atomic E-state index is 12.3. The molecule has 1 amide bonds. The van der Waals surface area contributed by atoms with Crippen LogP contribution in [0.25, 0.3) is 0 Å². The van der Waals surface area contributed by atoms with Crippen LogP contribution in [0.3, 0.4) is 0 Å². The standard InChI is InChI=1S/C21H27NO4S/c1-6-19(17-7-9-18(10-8-17)27(5,24)25)22-21(23)13-26-20-12-14(2)11-15(3)16(20)4/h7-12,19H,6,13H2,1-5H3,(H,22,23)/t19-/m1/s1. The fraction of sp³-hybridized carbons (Fsp3) is 0.381. The third-order valence-electron chi connectivity index (χ3n) is 4.58. The molecule has 5 nitrogen and oxygen atoms in total. The minimum absolute atomic E-state index is 0.0678. The number of benzene rings is 2. The summed E-state index contributed by atoms with van der Waals surface area (Å²) < 4.78 is 28.9. The van der Waals surface area contributed by atoms with Gasteiger partial charge in [0.15, 0.2) is 16.4 Å². The number of aryl methyl sites for hydroxylation is 2. The zero-order valence-corrected chi connectivity index (χ0v) is 17.3. The number of carbonyl (C=O) groups is 1. The summed E-state index contributed by atoms with van der Waals surface area (Å²) in [7, 11) is -3.23. The lowest BCUT2D eigenvalue weighted by atomic mass is 10.0. The van der Waals surface area contributed by atoms with Gasteiger partial charge in [-0.25, -0.2) is 8.42 Å². The van der Waals surface area contributed by atoms with Gasteiger partial charge in [0.25, 0.3) is 5.91 Å². The van der Waals surface area contributed by atoms with Crippen LogP contribution in [0.5, 0.6) is 5.75 Å². The number of amides is 1. The molecule has 0 heterocycles. The summed E-state index contributed by atoms with van der Waals surface area (Å²) in [5.41, 5.74) is 4.10. The molecule has 0 aliphatic heterocycles. The molecule has 27 heavy (non-hydrogen) atoms. The van der Waals surface area contributed by atoms with Crippen molar-refractivity contribution in [2.75, 3.05) is 12.9 Å². The summed E-state index contributed by atoms with van der Waals surface area (Å²) in [4.78, 5) is 12.6. The van der Waals surface area contributed by atoms with Crippen LogP contribution in [0.15, 0.2) is 41.3 Å². The molecule has 0 unspecified atom stereocenters. The van der Waals surface area contributed by atoms with Crippen LogP contribution in [0, 0.1) is 20.8 Å². The minimum Gasteiger partial charge on any atom is -0.483 e. The quantitative estimate of drug-likeness (QED) is 0.784. The highest BCUT2D eigenvalue weighted by Gasteiger charge is 2.15. The summed E-state index contributed by atoms with van der Waals surface area (Å²) in [5.74, 6) is 0.501. The van der Waals surface area contributed by atoms with Gasteiger partial charge in [0.2, 0.25) is 0 Å². The fourth-order valence-electron chi connectivity index (χ4n) is 2.90. The highest BCUT2D eigenvalue weighted by molar-refractivity contribution is 7.90. The van der Waals surface area contributed by atoms with E-state index in [0.717, 1.165) is 22.3 Å². The van der Waals surface area contributed by atoms with Crippen molar-refractivity contribution in [3.8, 4) is 5.75 Å². The lowest BCUT2D eigenvalue weighted by molar-refractivity contribution is -0.123. The Hall–Kier alpha value is -2.34. The second kappa shape index (κ2) is 8.57. The number of sulfone groups is 1. The number of ether oxygens (including phenoxy) is 1. The smallest absolute Gasteiger partial charge is 0.258 e. The molecule has 6 heteroatoms. The Morgan fingerprint density at radius 1 is 1.11 bits per heavy atom. The molecule has 2 aromatic carbocycles. The number of hydrogen-bond donors (Lipinski definition) is 1. The van der Waals surface area contributed by atoms with Crippen molar-refractivity contribution in [2.24, 2.45) is 0 Å². The van der Waals surface area contributed by atoms with E-state index in [1.165, 1.54) is 6.26 Å². The molecule has 0 aliphatic rings. The van der Waals surface area contributed by atoms with Gasteiger partial charge in [-0.05, 0) is 67.6 Å². The minimum atomic E-state index is -3.23. The van der Waals surface area contributed by atoms with E-state index >= 15 is 0 Å². The zero-order chi connectivity index (χ0) is 20.2. The maximum Gasteiger partial charge on any atom is 0.258 e. The van der Waals surface area contributed by atoms with Gasteiger partial charge >= 0.3 is 0 Å². The van der Waals surface area contributed by atoms with E-state index in [1.807, 2.05) is 33.8 Å². The summed E-state index contributed by atoms with van der Waals surface area (Å²) in [6.07, 6.45) is 1.86. The van der Waals surface area contributed by atoms with E-state index in [9.17, 15) is 13.2 Å². The summed E-state index contributed by atoms with van der Waals surface area (Å²) in [5, 5.41) is 2.95. The van der Waals surface area contributed by atoms with Crippen LogP contribution >= 0.6 is 0 Å².